The SMILES string of the molecule is Cc1cc(C(=O)Nc2ccc(SC(=O)N(C)C)cc2)c(C)n1C1CCCCC1. The molecule has 150 valence electrons. The lowest BCUT2D eigenvalue weighted by atomic mass is 9.95. The van der Waals surface area contributed by atoms with Crippen molar-refractivity contribution in [1.82, 2.24) is 9.47 Å². The number of carbonyl (C=O) groups is 2. The van der Waals surface area contributed by atoms with Crippen molar-refractivity contribution < 1.29 is 9.59 Å². The molecular weight excluding hydrogens is 370 g/mol. The number of nitrogens with zero attached hydrogens (tertiary/aromatic N) is 2. The van der Waals surface area contributed by atoms with Crippen LogP contribution in [0.15, 0.2) is 35.2 Å². The van der Waals surface area contributed by atoms with Gasteiger partial charge in [0.15, 0.2) is 0 Å². The highest BCUT2D eigenvalue weighted by molar-refractivity contribution is 8.13. The van der Waals surface area contributed by atoms with E-state index in [1.807, 2.05) is 37.3 Å². The van der Waals surface area contributed by atoms with E-state index in [9.17, 15) is 9.59 Å². The Bertz CT molecular complexity index is 849. The highest BCUT2D eigenvalue weighted by atomic mass is 32.2. The summed E-state index contributed by atoms with van der Waals surface area (Å²) in [5.41, 5.74) is 3.67. The van der Waals surface area contributed by atoms with Gasteiger partial charge in [0.1, 0.15) is 0 Å². The summed E-state index contributed by atoms with van der Waals surface area (Å²) in [4.78, 5) is 27.0. The van der Waals surface area contributed by atoms with Gasteiger partial charge in [-0.1, -0.05) is 19.3 Å². The molecule has 2 amide bonds. The van der Waals surface area contributed by atoms with Crippen LogP contribution in [0.5, 0.6) is 0 Å². The van der Waals surface area contributed by atoms with E-state index in [1.54, 1.807) is 19.0 Å². The Labute approximate surface area is 171 Å². The highest BCUT2D eigenvalue weighted by Crippen LogP contribution is 2.32. The first-order valence-electron chi connectivity index (χ1n) is 9.86. The summed E-state index contributed by atoms with van der Waals surface area (Å²) < 4.78 is 2.35. The summed E-state index contributed by atoms with van der Waals surface area (Å²) in [6, 6.07) is 9.90. The number of aryl methyl sites for hydroxylation is 1. The lowest BCUT2D eigenvalue weighted by molar-refractivity contribution is 0.102. The average Bonchev–Trinajstić information content (AvgIpc) is 2.98. The highest BCUT2D eigenvalue weighted by Gasteiger charge is 2.22. The number of rotatable bonds is 4. The zero-order valence-electron chi connectivity index (χ0n) is 17.1. The summed E-state index contributed by atoms with van der Waals surface area (Å²) in [6.07, 6.45) is 6.25. The molecule has 0 saturated heterocycles. The van der Waals surface area contributed by atoms with Gasteiger partial charge in [-0.3, -0.25) is 9.59 Å². The van der Waals surface area contributed by atoms with Crippen LogP contribution in [0, 0.1) is 13.8 Å². The molecule has 1 aliphatic carbocycles. The minimum absolute atomic E-state index is 0.0214. The molecular formula is C22H29N3O2S. The number of thioether (sulfide) groups is 1. The van der Waals surface area contributed by atoms with Crippen LogP contribution in [-0.4, -0.2) is 34.7 Å². The van der Waals surface area contributed by atoms with E-state index in [-0.39, 0.29) is 11.1 Å². The molecule has 0 atom stereocenters. The molecule has 6 heteroatoms. The zero-order chi connectivity index (χ0) is 20.3. The van der Waals surface area contributed by atoms with E-state index in [4.69, 9.17) is 0 Å². The van der Waals surface area contributed by atoms with Crippen LogP contribution in [-0.2, 0) is 0 Å². The predicted octanol–water partition coefficient (Wildman–Crippen LogP) is 5.64. The number of hydrogen-bond acceptors (Lipinski definition) is 3. The van der Waals surface area contributed by atoms with E-state index in [0.29, 0.717) is 6.04 Å². The maximum atomic E-state index is 12.8. The van der Waals surface area contributed by atoms with Crippen molar-refractivity contribution >= 4 is 28.6 Å². The number of nitrogens with one attached hydrogen (secondary N) is 1. The third-order valence-corrected chi connectivity index (χ3v) is 6.40. The summed E-state index contributed by atoms with van der Waals surface area (Å²) in [5, 5.41) is 2.97. The Balaban J connectivity index is 1.70. The quantitative estimate of drug-likeness (QED) is 0.677. The first-order valence-corrected chi connectivity index (χ1v) is 10.7. The van der Waals surface area contributed by atoms with Crippen molar-refractivity contribution in [1.29, 1.82) is 0 Å². The van der Waals surface area contributed by atoms with Crippen molar-refractivity contribution in [3.8, 4) is 0 Å². The topological polar surface area (TPSA) is 54.3 Å². The Morgan fingerprint density at radius 2 is 1.71 bits per heavy atom. The summed E-state index contributed by atoms with van der Waals surface area (Å²) in [7, 11) is 3.46. The van der Waals surface area contributed by atoms with E-state index >= 15 is 0 Å². The maximum absolute atomic E-state index is 12.8. The zero-order valence-corrected chi connectivity index (χ0v) is 17.9. The number of benzene rings is 1. The van der Waals surface area contributed by atoms with Crippen LogP contribution in [0.25, 0.3) is 0 Å². The molecule has 28 heavy (non-hydrogen) atoms. The van der Waals surface area contributed by atoms with Gasteiger partial charge in [-0.05, 0) is 68.8 Å². The largest absolute Gasteiger partial charge is 0.345 e. The number of aromatic nitrogens is 1. The van der Waals surface area contributed by atoms with Gasteiger partial charge in [-0.25, -0.2) is 0 Å². The van der Waals surface area contributed by atoms with Crippen molar-refractivity contribution in [2.24, 2.45) is 0 Å². The molecule has 0 spiro atoms. The molecule has 0 bridgehead atoms. The van der Waals surface area contributed by atoms with Gasteiger partial charge in [0.25, 0.3) is 11.1 Å². The van der Waals surface area contributed by atoms with E-state index in [0.717, 1.165) is 27.5 Å². The average molecular weight is 400 g/mol. The second-order valence-electron chi connectivity index (χ2n) is 7.69. The Morgan fingerprint density at radius 3 is 2.32 bits per heavy atom. The molecule has 1 aliphatic rings. The van der Waals surface area contributed by atoms with Gasteiger partial charge < -0.3 is 14.8 Å². The third-order valence-electron chi connectivity index (χ3n) is 5.35. The Kier molecular flexibility index (Phi) is 6.50. The summed E-state index contributed by atoms with van der Waals surface area (Å²) in [6.45, 7) is 4.13. The lowest BCUT2D eigenvalue weighted by Crippen LogP contribution is -2.17. The molecule has 1 saturated carbocycles. The monoisotopic (exact) mass is 399 g/mol. The van der Waals surface area contributed by atoms with Crippen molar-refractivity contribution in [2.75, 3.05) is 19.4 Å². The van der Waals surface area contributed by atoms with Gasteiger partial charge in [0.2, 0.25) is 0 Å². The van der Waals surface area contributed by atoms with Gasteiger partial charge in [0.05, 0.1) is 5.56 Å². The molecule has 0 radical (unpaired) electrons. The van der Waals surface area contributed by atoms with Crippen LogP contribution >= 0.6 is 11.8 Å². The number of anilines is 1. The Hall–Kier alpha value is -2.21. The van der Waals surface area contributed by atoms with Crippen LogP contribution in [0.3, 0.4) is 0 Å². The normalized spacial score (nSPS) is 14.7. The van der Waals surface area contributed by atoms with Crippen LogP contribution in [0.1, 0.15) is 59.9 Å². The molecule has 1 aromatic carbocycles. The van der Waals surface area contributed by atoms with Gasteiger partial charge in [0, 0.05) is 42.1 Å². The van der Waals surface area contributed by atoms with Gasteiger partial charge in [-0.2, -0.15) is 0 Å². The first kappa shape index (κ1) is 20.5. The second kappa shape index (κ2) is 8.86. The first-order chi connectivity index (χ1) is 13.4. The summed E-state index contributed by atoms with van der Waals surface area (Å²) >= 11 is 1.17. The lowest BCUT2D eigenvalue weighted by Gasteiger charge is -2.26. The summed E-state index contributed by atoms with van der Waals surface area (Å²) in [5.74, 6) is -0.0834. The predicted molar refractivity (Wildman–Crippen MR) is 115 cm³/mol. The van der Waals surface area contributed by atoms with Crippen LogP contribution in [0.4, 0.5) is 10.5 Å². The fraction of sp³-hybridized carbons (Fsp3) is 0.455. The number of hydrogen-bond donors (Lipinski definition) is 1. The third kappa shape index (κ3) is 4.61. The molecule has 1 N–H and O–H groups in total. The van der Waals surface area contributed by atoms with Gasteiger partial charge >= 0.3 is 0 Å². The van der Waals surface area contributed by atoms with Crippen LogP contribution in [0.2, 0.25) is 0 Å². The molecule has 5 nitrogen and oxygen atoms in total. The maximum Gasteiger partial charge on any atom is 0.285 e. The smallest absolute Gasteiger partial charge is 0.285 e. The molecule has 0 aliphatic heterocycles. The van der Waals surface area contributed by atoms with Crippen molar-refractivity contribution in [3.63, 3.8) is 0 Å². The van der Waals surface area contributed by atoms with E-state index in [2.05, 4.69) is 16.8 Å². The minimum atomic E-state index is -0.0834. The Morgan fingerprint density at radius 1 is 1.07 bits per heavy atom. The minimum Gasteiger partial charge on any atom is -0.345 e. The van der Waals surface area contributed by atoms with Crippen molar-refractivity contribution in [2.45, 2.75) is 56.9 Å². The molecule has 2 aromatic rings. The molecule has 1 heterocycles. The molecule has 3 rings (SSSR count). The van der Waals surface area contributed by atoms with Crippen molar-refractivity contribution in [3.05, 3.63) is 47.3 Å². The molecule has 1 aromatic heterocycles. The van der Waals surface area contributed by atoms with E-state index < -0.39 is 0 Å². The fourth-order valence-electron chi connectivity index (χ4n) is 3.90. The number of amides is 2. The fourth-order valence-corrected chi connectivity index (χ4v) is 4.56. The van der Waals surface area contributed by atoms with E-state index in [1.165, 1.54) is 43.9 Å². The molecule has 1 fully saturated rings. The second-order valence-corrected chi connectivity index (χ2v) is 8.71. The molecule has 0 unspecified atom stereocenters. The van der Waals surface area contributed by atoms with Crippen LogP contribution < -0.4 is 5.32 Å². The van der Waals surface area contributed by atoms with Gasteiger partial charge in [-0.15, -0.1) is 0 Å². The number of carbonyl (C=O) groups excluding carboxylic acids is 2. The standard InChI is InChI=1S/C22H29N3O2S/c1-15-14-20(16(2)25(15)18-8-6-5-7-9-18)21(26)23-17-10-12-19(13-11-17)28-22(27)24(3)4/h10-14,18H,5-9H2,1-4H3,(H,23,26).